The number of nitrogens with one attached hydrogen (secondary N) is 1. The maximum absolute atomic E-state index is 12.5. The van der Waals surface area contributed by atoms with Crippen LogP contribution in [0.15, 0.2) is 36.7 Å². The van der Waals surface area contributed by atoms with Gasteiger partial charge in [-0.1, -0.05) is 12.1 Å². The minimum atomic E-state index is -0.911. The van der Waals surface area contributed by atoms with Crippen LogP contribution in [0.4, 0.5) is 0 Å². The van der Waals surface area contributed by atoms with E-state index in [1.165, 1.54) is 6.92 Å². The van der Waals surface area contributed by atoms with Gasteiger partial charge in [-0.05, 0) is 19.1 Å². The van der Waals surface area contributed by atoms with Crippen molar-refractivity contribution in [1.29, 1.82) is 0 Å². The third kappa shape index (κ3) is 3.70. The Kier molecular flexibility index (Phi) is 5.25. The van der Waals surface area contributed by atoms with Gasteiger partial charge in [0.25, 0.3) is 0 Å². The van der Waals surface area contributed by atoms with Gasteiger partial charge in [-0.25, -0.2) is 4.68 Å². The molecule has 0 radical (unpaired) electrons. The number of amides is 2. The van der Waals surface area contributed by atoms with Crippen molar-refractivity contribution in [2.75, 3.05) is 26.7 Å². The highest BCUT2D eigenvalue weighted by Crippen LogP contribution is 2.23. The van der Waals surface area contributed by atoms with Gasteiger partial charge in [-0.2, -0.15) is 5.10 Å². The van der Waals surface area contributed by atoms with Crippen LogP contribution in [0.5, 0.6) is 5.75 Å². The van der Waals surface area contributed by atoms with Gasteiger partial charge >= 0.3 is 0 Å². The number of para-hydroxylation sites is 2. The van der Waals surface area contributed by atoms with Gasteiger partial charge < -0.3 is 20.1 Å². The highest BCUT2D eigenvalue weighted by Gasteiger charge is 2.44. The monoisotopic (exact) mass is 399 g/mol. The molecule has 2 aliphatic rings. The van der Waals surface area contributed by atoms with E-state index in [0.29, 0.717) is 26.2 Å². The fraction of sp³-hybridized carbons (Fsp3) is 0.450. The molecule has 2 saturated heterocycles. The van der Waals surface area contributed by atoms with Crippen LogP contribution in [0.3, 0.4) is 0 Å². The molecule has 9 heteroatoms. The predicted octanol–water partition coefficient (Wildman–Crippen LogP) is -0.227. The van der Waals surface area contributed by atoms with E-state index in [2.05, 4.69) is 15.3 Å². The number of fused-ring (bicyclic) bond motifs is 1. The Bertz CT molecular complexity index is 912. The van der Waals surface area contributed by atoms with Gasteiger partial charge in [-0.15, -0.1) is 0 Å². The summed E-state index contributed by atoms with van der Waals surface area (Å²) in [6, 6.07) is 6.27. The molecular weight excluding hydrogens is 374 g/mol. The van der Waals surface area contributed by atoms with Crippen molar-refractivity contribution in [3.8, 4) is 11.4 Å². The molecule has 0 spiro atoms. The molecule has 2 fully saturated rings. The van der Waals surface area contributed by atoms with Crippen LogP contribution in [0.25, 0.3) is 5.69 Å². The van der Waals surface area contributed by atoms with Gasteiger partial charge in [0, 0.05) is 37.9 Å². The molecule has 0 saturated carbocycles. The second kappa shape index (κ2) is 7.84. The van der Waals surface area contributed by atoms with Crippen molar-refractivity contribution >= 4 is 11.8 Å². The molecule has 2 N–H and O–H groups in total. The van der Waals surface area contributed by atoms with E-state index in [1.54, 1.807) is 22.9 Å². The predicted molar refractivity (Wildman–Crippen MR) is 105 cm³/mol. The average Bonchev–Trinajstić information content (AvgIpc) is 3.18. The molecule has 0 bridgehead atoms. The largest absolute Gasteiger partial charge is 0.494 e. The summed E-state index contributed by atoms with van der Waals surface area (Å²) in [5, 5.41) is 16.8. The lowest BCUT2D eigenvalue weighted by Crippen LogP contribution is -2.70. The highest BCUT2D eigenvalue weighted by atomic mass is 16.5. The SMILES string of the molecule is COc1ccccc1-n1cc(CN2CCN3C(=O)[C@H]([C@@H](C)O)NC(=O)[C@H]3C2)cn1. The van der Waals surface area contributed by atoms with Crippen LogP contribution in [0.1, 0.15) is 12.5 Å². The van der Waals surface area contributed by atoms with Crippen LogP contribution in [-0.4, -0.2) is 81.4 Å². The summed E-state index contributed by atoms with van der Waals surface area (Å²) in [6.07, 6.45) is 2.83. The number of rotatable bonds is 5. The lowest BCUT2D eigenvalue weighted by molar-refractivity contribution is -0.156. The summed E-state index contributed by atoms with van der Waals surface area (Å²) < 4.78 is 7.17. The van der Waals surface area contributed by atoms with E-state index >= 15 is 0 Å². The summed E-state index contributed by atoms with van der Waals surface area (Å²) in [5.74, 6) is 0.305. The number of aromatic nitrogens is 2. The Balaban J connectivity index is 1.44. The molecule has 3 heterocycles. The molecule has 0 aliphatic carbocycles. The molecule has 154 valence electrons. The van der Waals surface area contributed by atoms with Crippen LogP contribution < -0.4 is 10.1 Å². The maximum Gasteiger partial charge on any atom is 0.248 e. The lowest BCUT2D eigenvalue weighted by atomic mass is 10.0. The molecule has 2 aliphatic heterocycles. The fourth-order valence-electron chi connectivity index (χ4n) is 3.94. The van der Waals surface area contributed by atoms with Crippen molar-refractivity contribution in [3.05, 3.63) is 42.2 Å². The number of carbonyl (C=O) groups is 2. The van der Waals surface area contributed by atoms with Gasteiger partial charge in [0.05, 0.1) is 19.4 Å². The normalized spacial score (nSPS) is 23.5. The van der Waals surface area contributed by atoms with E-state index in [4.69, 9.17) is 4.74 Å². The molecule has 3 atom stereocenters. The fourth-order valence-corrected chi connectivity index (χ4v) is 3.94. The van der Waals surface area contributed by atoms with E-state index in [1.807, 2.05) is 30.5 Å². The Labute approximate surface area is 168 Å². The summed E-state index contributed by atoms with van der Waals surface area (Å²) >= 11 is 0. The number of ether oxygens (including phenoxy) is 1. The summed E-state index contributed by atoms with van der Waals surface area (Å²) in [4.78, 5) is 28.7. The van der Waals surface area contributed by atoms with E-state index < -0.39 is 18.2 Å². The van der Waals surface area contributed by atoms with Gasteiger partial charge in [-0.3, -0.25) is 14.5 Å². The second-order valence-corrected chi connectivity index (χ2v) is 7.47. The topological polar surface area (TPSA) is 99.9 Å². The summed E-state index contributed by atoms with van der Waals surface area (Å²) in [7, 11) is 1.63. The van der Waals surface area contributed by atoms with Crippen LogP contribution >= 0.6 is 0 Å². The van der Waals surface area contributed by atoms with Crippen molar-refractivity contribution in [3.63, 3.8) is 0 Å². The van der Waals surface area contributed by atoms with Gasteiger partial charge in [0.2, 0.25) is 11.8 Å². The highest BCUT2D eigenvalue weighted by molar-refractivity contribution is 5.97. The first-order chi connectivity index (χ1) is 14.0. The molecule has 0 unspecified atom stereocenters. The zero-order chi connectivity index (χ0) is 20.5. The number of hydrogen-bond acceptors (Lipinski definition) is 6. The molecular formula is C20H25N5O4. The van der Waals surface area contributed by atoms with Crippen molar-refractivity contribution in [1.82, 2.24) is 24.9 Å². The smallest absolute Gasteiger partial charge is 0.248 e. The van der Waals surface area contributed by atoms with Crippen molar-refractivity contribution in [2.45, 2.75) is 31.7 Å². The van der Waals surface area contributed by atoms with E-state index in [0.717, 1.165) is 17.0 Å². The van der Waals surface area contributed by atoms with Crippen molar-refractivity contribution in [2.24, 2.45) is 0 Å². The molecule has 1 aromatic heterocycles. The number of methoxy groups -OCH3 is 1. The van der Waals surface area contributed by atoms with E-state index in [9.17, 15) is 14.7 Å². The summed E-state index contributed by atoms with van der Waals surface area (Å²) in [5.41, 5.74) is 1.86. The number of nitrogens with zero attached hydrogens (tertiary/aromatic N) is 4. The van der Waals surface area contributed by atoms with Crippen molar-refractivity contribution < 1.29 is 19.4 Å². The van der Waals surface area contributed by atoms with Crippen LogP contribution in [0, 0.1) is 0 Å². The second-order valence-electron chi connectivity index (χ2n) is 7.47. The number of piperazine rings is 2. The molecule has 2 amide bonds. The number of aliphatic hydroxyl groups is 1. The summed E-state index contributed by atoms with van der Waals surface area (Å²) in [6.45, 7) is 3.70. The minimum absolute atomic E-state index is 0.215. The molecule has 1 aromatic carbocycles. The maximum atomic E-state index is 12.5. The quantitative estimate of drug-likeness (QED) is 0.721. The lowest BCUT2D eigenvalue weighted by Gasteiger charge is -2.45. The first-order valence-electron chi connectivity index (χ1n) is 9.66. The third-order valence-electron chi connectivity index (χ3n) is 5.47. The first kappa shape index (κ1) is 19.4. The zero-order valence-corrected chi connectivity index (χ0v) is 16.5. The Morgan fingerprint density at radius 2 is 2.10 bits per heavy atom. The Hall–Kier alpha value is -2.91. The van der Waals surface area contributed by atoms with E-state index in [-0.39, 0.29) is 11.8 Å². The number of carbonyl (C=O) groups excluding carboxylic acids is 2. The first-order valence-corrected chi connectivity index (χ1v) is 9.66. The number of hydrogen-bond donors (Lipinski definition) is 2. The number of benzene rings is 1. The number of aliphatic hydroxyl groups excluding tert-OH is 1. The Morgan fingerprint density at radius 3 is 2.86 bits per heavy atom. The molecule has 29 heavy (non-hydrogen) atoms. The Morgan fingerprint density at radius 1 is 1.31 bits per heavy atom. The molecule has 4 rings (SSSR count). The third-order valence-corrected chi connectivity index (χ3v) is 5.47. The standard InChI is InChI=1S/C20H25N5O4/c1-13(26)18-20(28)24-8-7-23(12-16(24)19(27)22-18)10-14-9-21-25(11-14)15-5-3-4-6-17(15)29-2/h3-6,9,11,13,16,18,26H,7-8,10,12H2,1-2H3,(H,22,27)/t13-,16-,18+/m1/s1. The zero-order valence-electron chi connectivity index (χ0n) is 16.5. The minimum Gasteiger partial charge on any atom is -0.494 e. The van der Waals surface area contributed by atoms with Crippen LogP contribution in [0.2, 0.25) is 0 Å². The average molecular weight is 399 g/mol. The molecule has 2 aromatic rings. The molecule has 9 nitrogen and oxygen atoms in total. The van der Waals surface area contributed by atoms with Crippen LogP contribution in [-0.2, 0) is 16.1 Å². The van der Waals surface area contributed by atoms with Gasteiger partial charge in [0.1, 0.15) is 23.5 Å². The van der Waals surface area contributed by atoms with Gasteiger partial charge in [0.15, 0.2) is 0 Å².